The summed E-state index contributed by atoms with van der Waals surface area (Å²) in [6, 6.07) is 7.94. The Morgan fingerprint density at radius 3 is 2.66 bits per heavy atom. The molecule has 1 amide bonds. The number of nitrogens with one attached hydrogen (secondary N) is 1. The maximum atomic E-state index is 12.6. The highest BCUT2D eigenvalue weighted by molar-refractivity contribution is 7.99. The van der Waals surface area contributed by atoms with E-state index in [1.807, 2.05) is 30.0 Å². The number of carbonyl (C=O) groups is 1. The summed E-state index contributed by atoms with van der Waals surface area (Å²) in [6.45, 7) is 3.43. The van der Waals surface area contributed by atoms with Crippen LogP contribution in [0.4, 0.5) is 5.69 Å². The fraction of sp³-hybridized carbons (Fsp3) is 0.455. The number of carbonyl (C=O) groups excluding carboxylic acids is 1. The molecule has 1 N–H and O–H groups in total. The molecule has 10 heteroatoms. The number of hydrogen-bond acceptors (Lipinski definition) is 6. The molecule has 0 radical (unpaired) electrons. The maximum Gasteiger partial charge on any atom is 0.332 e. The number of thioether (sulfide) groups is 1. The number of hydrogen-bond donors (Lipinski definition) is 1. The number of rotatable bonds is 7. The summed E-state index contributed by atoms with van der Waals surface area (Å²) in [7, 11) is 3.05. The molecule has 0 aliphatic carbocycles. The highest BCUT2D eigenvalue weighted by Crippen LogP contribution is 2.20. The van der Waals surface area contributed by atoms with Crippen LogP contribution in [0.1, 0.15) is 18.4 Å². The van der Waals surface area contributed by atoms with Crippen molar-refractivity contribution in [2.24, 2.45) is 14.1 Å². The van der Waals surface area contributed by atoms with Crippen LogP contribution in [0.25, 0.3) is 11.2 Å². The summed E-state index contributed by atoms with van der Waals surface area (Å²) in [5.41, 5.74) is 1.92. The molecule has 1 aliphatic heterocycles. The van der Waals surface area contributed by atoms with Gasteiger partial charge in [-0.3, -0.25) is 23.6 Å². The summed E-state index contributed by atoms with van der Waals surface area (Å²) in [5, 5.41) is 3.05. The minimum atomic E-state index is -0.408. The van der Waals surface area contributed by atoms with Gasteiger partial charge in [0.1, 0.15) is 0 Å². The second kappa shape index (κ2) is 9.74. The Bertz CT molecular complexity index is 1240. The van der Waals surface area contributed by atoms with Crippen molar-refractivity contribution in [2.75, 3.05) is 29.9 Å². The average molecular weight is 457 g/mol. The lowest BCUT2D eigenvalue weighted by Crippen LogP contribution is -2.37. The first-order valence-corrected chi connectivity index (χ1v) is 11.9. The van der Waals surface area contributed by atoms with Gasteiger partial charge in [-0.15, -0.1) is 0 Å². The van der Waals surface area contributed by atoms with Crippen LogP contribution in [0, 0.1) is 0 Å². The molecule has 1 saturated heterocycles. The van der Waals surface area contributed by atoms with E-state index in [1.54, 1.807) is 17.9 Å². The minimum Gasteiger partial charge on any atom is -0.326 e. The van der Waals surface area contributed by atoms with Gasteiger partial charge in [0.25, 0.3) is 5.56 Å². The van der Waals surface area contributed by atoms with Gasteiger partial charge in [0.05, 0.1) is 6.33 Å². The molecule has 3 aromatic rings. The summed E-state index contributed by atoms with van der Waals surface area (Å²) in [5.74, 6) is 2.24. The van der Waals surface area contributed by atoms with Gasteiger partial charge < -0.3 is 9.88 Å². The van der Waals surface area contributed by atoms with Crippen molar-refractivity contribution in [3.05, 3.63) is 57.0 Å². The molecule has 1 aliphatic rings. The van der Waals surface area contributed by atoms with Gasteiger partial charge in [0, 0.05) is 63.9 Å². The number of aryl methyl sites for hydroxylation is 2. The van der Waals surface area contributed by atoms with Crippen molar-refractivity contribution in [1.29, 1.82) is 0 Å². The van der Waals surface area contributed by atoms with E-state index in [0.717, 1.165) is 47.0 Å². The first kappa shape index (κ1) is 22.3. The number of amides is 1. The summed E-state index contributed by atoms with van der Waals surface area (Å²) in [4.78, 5) is 43.8. The van der Waals surface area contributed by atoms with E-state index in [1.165, 1.54) is 11.6 Å². The lowest BCUT2D eigenvalue weighted by molar-refractivity contribution is -0.116. The zero-order valence-electron chi connectivity index (χ0n) is 18.4. The van der Waals surface area contributed by atoms with Gasteiger partial charge in [-0.1, -0.05) is 18.2 Å². The highest BCUT2D eigenvalue weighted by Gasteiger charge is 2.16. The number of benzene rings is 1. The van der Waals surface area contributed by atoms with Gasteiger partial charge in [-0.25, -0.2) is 9.78 Å². The largest absolute Gasteiger partial charge is 0.332 e. The van der Waals surface area contributed by atoms with Crippen LogP contribution in [0.5, 0.6) is 0 Å². The Balaban J connectivity index is 1.39. The first-order chi connectivity index (χ1) is 15.5. The van der Waals surface area contributed by atoms with E-state index in [-0.39, 0.29) is 11.5 Å². The molecule has 9 nitrogen and oxygen atoms in total. The van der Waals surface area contributed by atoms with Crippen molar-refractivity contribution in [2.45, 2.75) is 25.9 Å². The number of imidazole rings is 1. The van der Waals surface area contributed by atoms with Crippen LogP contribution in [0.15, 0.2) is 40.2 Å². The Kier molecular flexibility index (Phi) is 6.80. The van der Waals surface area contributed by atoms with Crippen LogP contribution in [-0.4, -0.2) is 54.1 Å². The molecule has 0 unspecified atom stereocenters. The van der Waals surface area contributed by atoms with Gasteiger partial charge in [0.2, 0.25) is 5.91 Å². The zero-order chi connectivity index (χ0) is 22.7. The Labute approximate surface area is 190 Å². The molecule has 170 valence electrons. The van der Waals surface area contributed by atoms with E-state index in [9.17, 15) is 14.4 Å². The van der Waals surface area contributed by atoms with E-state index < -0.39 is 5.69 Å². The third-order valence-electron chi connectivity index (χ3n) is 5.81. The lowest BCUT2D eigenvalue weighted by Gasteiger charge is -2.27. The van der Waals surface area contributed by atoms with Gasteiger partial charge in [0.15, 0.2) is 11.2 Å². The van der Waals surface area contributed by atoms with Gasteiger partial charge in [-0.05, 0) is 18.1 Å². The molecule has 0 bridgehead atoms. The van der Waals surface area contributed by atoms with Gasteiger partial charge >= 0.3 is 5.69 Å². The smallest absolute Gasteiger partial charge is 0.326 e. The topological polar surface area (TPSA) is 94.2 Å². The number of para-hydroxylation sites is 1. The van der Waals surface area contributed by atoms with Crippen molar-refractivity contribution in [1.82, 2.24) is 23.6 Å². The molecule has 4 rings (SSSR count). The standard InChI is InChI=1S/C22H28N6O3S/c1-25-20-19(21(30)26(2)22(25)31)28(15-23-20)9-5-8-18(29)24-17-7-4-3-6-16(17)14-27-10-12-32-13-11-27/h3-4,6-7,15H,5,8-14H2,1-2H3,(H,24,29). The quantitative estimate of drug-likeness (QED) is 0.578. The molecule has 0 saturated carbocycles. The maximum absolute atomic E-state index is 12.6. The average Bonchev–Trinajstić information content (AvgIpc) is 3.22. The Morgan fingerprint density at radius 1 is 1.12 bits per heavy atom. The third kappa shape index (κ3) is 4.66. The molecule has 32 heavy (non-hydrogen) atoms. The van der Waals surface area contributed by atoms with Gasteiger partial charge in [-0.2, -0.15) is 11.8 Å². The molecule has 2 aromatic heterocycles. The summed E-state index contributed by atoms with van der Waals surface area (Å²) in [6.07, 6.45) is 2.42. The van der Waals surface area contributed by atoms with Crippen LogP contribution in [0.2, 0.25) is 0 Å². The zero-order valence-corrected chi connectivity index (χ0v) is 19.2. The van der Waals surface area contributed by atoms with Crippen LogP contribution < -0.4 is 16.6 Å². The van der Waals surface area contributed by atoms with Crippen molar-refractivity contribution in [3.63, 3.8) is 0 Å². The second-order valence-electron chi connectivity index (χ2n) is 8.01. The first-order valence-electron chi connectivity index (χ1n) is 10.7. The Hall–Kier alpha value is -2.85. The summed E-state index contributed by atoms with van der Waals surface area (Å²) >= 11 is 1.98. The molecule has 1 fully saturated rings. The van der Waals surface area contributed by atoms with Crippen LogP contribution in [0.3, 0.4) is 0 Å². The summed E-state index contributed by atoms with van der Waals surface area (Å²) < 4.78 is 4.15. The predicted octanol–water partition coefficient (Wildman–Crippen LogP) is 1.40. The van der Waals surface area contributed by atoms with E-state index in [2.05, 4.69) is 21.3 Å². The van der Waals surface area contributed by atoms with Crippen molar-refractivity contribution >= 4 is 34.5 Å². The second-order valence-corrected chi connectivity index (χ2v) is 9.24. The van der Waals surface area contributed by atoms with Crippen molar-refractivity contribution in [3.8, 4) is 0 Å². The number of fused-ring (bicyclic) bond motifs is 1. The van der Waals surface area contributed by atoms with Crippen molar-refractivity contribution < 1.29 is 4.79 Å². The fourth-order valence-corrected chi connectivity index (χ4v) is 4.95. The molecular formula is C22H28N6O3S. The Morgan fingerprint density at radius 2 is 1.88 bits per heavy atom. The SMILES string of the molecule is Cn1c(=O)c2c(ncn2CCCC(=O)Nc2ccccc2CN2CCSCC2)n(C)c1=O. The molecule has 0 atom stereocenters. The molecular weight excluding hydrogens is 428 g/mol. The van der Waals surface area contributed by atoms with E-state index in [4.69, 9.17) is 0 Å². The van der Waals surface area contributed by atoms with Crippen LogP contribution in [-0.2, 0) is 32.0 Å². The van der Waals surface area contributed by atoms with E-state index in [0.29, 0.717) is 30.6 Å². The lowest BCUT2D eigenvalue weighted by atomic mass is 10.1. The normalized spacial score (nSPS) is 14.7. The van der Waals surface area contributed by atoms with E-state index >= 15 is 0 Å². The number of nitrogens with zero attached hydrogens (tertiary/aromatic N) is 5. The third-order valence-corrected chi connectivity index (χ3v) is 6.75. The monoisotopic (exact) mass is 456 g/mol. The molecule has 0 spiro atoms. The number of aromatic nitrogens is 4. The molecule has 1 aromatic carbocycles. The minimum absolute atomic E-state index is 0.0589. The fourth-order valence-electron chi connectivity index (χ4n) is 3.97. The van der Waals surface area contributed by atoms with Crippen LogP contribution >= 0.6 is 11.8 Å². The predicted molar refractivity (Wildman–Crippen MR) is 127 cm³/mol. The highest BCUT2D eigenvalue weighted by atomic mass is 32.2. The number of anilines is 1. The molecule has 3 heterocycles.